The molecule has 0 radical (unpaired) electrons. The minimum atomic E-state index is -3.62. The first-order chi connectivity index (χ1) is 13.0. The first kappa shape index (κ1) is 19.3. The van der Waals surface area contributed by atoms with Gasteiger partial charge in [0.05, 0.1) is 17.7 Å². The number of methoxy groups -OCH3 is 1. The Kier molecular flexibility index (Phi) is 6.08. The highest BCUT2D eigenvalue weighted by molar-refractivity contribution is 7.89. The number of rotatable bonds is 5. The van der Waals surface area contributed by atoms with Crippen molar-refractivity contribution in [3.05, 3.63) is 48.3 Å². The number of benzene rings is 1. The predicted molar refractivity (Wildman–Crippen MR) is 102 cm³/mol. The van der Waals surface area contributed by atoms with E-state index in [0.717, 1.165) is 25.7 Å². The zero-order valence-corrected chi connectivity index (χ0v) is 16.0. The highest BCUT2D eigenvalue weighted by atomic mass is 32.2. The molecule has 1 aliphatic rings. The molecule has 1 amide bonds. The van der Waals surface area contributed by atoms with Gasteiger partial charge in [-0.2, -0.15) is 4.31 Å². The van der Waals surface area contributed by atoms with Crippen molar-refractivity contribution in [3.63, 3.8) is 0 Å². The number of anilines is 1. The number of sulfonamides is 1. The highest BCUT2D eigenvalue weighted by Crippen LogP contribution is 2.30. The Morgan fingerprint density at radius 3 is 2.48 bits per heavy atom. The number of nitrogens with zero attached hydrogens (tertiary/aromatic N) is 2. The number of aromatic nitrogens is 1. The number of carbonyl (C=O) groups is 1. The van der Waals surface area contributed by atoms with Crippen molar-refractivity contribution in [2.24, 2.45) is 0 Å². The fourth-order valence-corrected chi connectivity index (χ4v) is 4.60. The summed E-state index contributed by atoms with van der Waals surface area (Å²) in [5.74, 6) is -0.0488. The largest absolute Gasteiger partial charge is 0.495 e. The van der Waals surface area contributed by atoms with Gasteiger partial charge in [0.15, 0.2) is 0 Å². The molecule has 0 bridgehead atoms. The van der Waals surface area contributed by atoms with Crippen molar-refractivity contribution < 1.29 is 17.9 Å². The summed E-state index contributed by atoms with van der Waals surface area (Å²) in [5.41, 5.74) is 0.532. The lowest BCUT2D eigenvalue weighted by Crippen LogP contribution is -2.32. The van der Waals surface area contributed by atoms with Crippen molar-refractivity contribution in [2.45, 2.75) is 30.6 Å². The molecule has 1 aromatic carbocycles. The van der Waals surface area contributed by atoms with Crippen LogP contribution in [0.3, 0.4) is 0 Å². The van der Waals surface area contributed by atoms with Crippen molar-refractivity contribution in [1.29, 1.82) is 0 Å². The fourth-order valence-electron chi connectivity index (χ4n) is 3.06. The highest BCUT2D eigenvalue weighted by Gasteiger charge is 2.26. The van der Waals surface area contributed by atoms with Gasteiger partial charge in [0.2, 0.25) is 10.0 Å². The second-order valence-electron chi connectivity index (χ2n) is 6.35. The van der Waals surface area contributed by atoms with Crippen LogP contribution in [0, 0.1) is 0 Å². The Balaban J connectivity index is 1.90. The van der Waals surface area contributed by atoms with Crippen LogP contribution >= 0.6 is 0 Å². The molecule has 1 aliphatic heterocycles. The van der Waals surface area contributed by atoms with Gasteiger partial charge in [0.1, 0.15) is 11.4 Å². The van der Waals surface area contributed by atoms with Crippen molar-refractivity contribution in [3.8, 4) is 5.75 Å². The van der Waals surface area contributed by atoms with E-state index >= 15 is 0 Å². The molecule has 1 N–H and O–H groups in total. The SMILES string of the molecule is COc1ccc(S(=O)(=O)N2CCCCCC2)cc1NC(=O)c1ccccn1. The quantitative estimate of drug-likeness (QED) is 0.849. The molecule has 0 atom stereocenters. The Morgan fingerprint density at radius 2 is 1.85 bits per heavy atom. The summed E-state index contributed by atoms with van der Waals surface area (Å²) in [6.45, 7) is 1.04. The van der Waals surface area contributed by atoms with E-state index in [0.29, 0.717) is 24.5 Å². The van der Waals surface area contributed by atoms with Crippen LogP contribution in [0.15, 0.2) is 47.5 Å². The molecular formula is C19H23N3O4S. The molecule has 1 saturated heterocycles. The minimum absolute atomic E-state index is 0.140. The molecule has 0 saturated carbocycles. The molecular weight excluding hydrogens is 366 g/mol. The number of amides is 1. The van der Waals surface area contributed by atoms with E-state index in [2.05, 4.69) is 10.3 Å². The van der Waals surface area contributed by atoms with Crippen LogP contribution in [0.1, 0.15) is 36.2 Å². The van der Waals surface area contributed by atoms with E-state index in [1.807, 2.05) is 0 Å². The van der Waals surface area contributed by atoms with Crippen molar-refractivity contribution in [1.82, 2.24) is 9.29 Å². The fraction of sp³-hybridized carbons (Fsp3) is 0.368. The summed E-state index contributed by atoms with van der Waals surface area (Å²) >= 11 is 0. The lowest BCUT2D eigenvalue weighted by molar-refractivity contribution is 0.102. The van der Waals surface area contributed by atoms with E-state index in [1.165, 1.54) is 29.7 Å². The molecule has 1 aromatic heterocycles. The topological polar surface area (TPSA) is 88.6 Å². The van der Waals surface area contributed by atoms with Gasteiger partial charge in [-0.1, -0.05) is 18.9 Å². The maximum absolute atomic E-state index is 13.0. The van der Waals surface area contributed by atoms with Crippen LogP contribution in [0.5, 0.6) is 5.75 Å². The molecule has 0 unspecified atom stereocenters. The van der Waals surface area contributed by atoms with Gasteiger partial charge < -0.3 is 10.1 Å². The van der Waals surface area contributed by atoms with Gasteiger partial charge in [0, 0.05) is 19.3 Å². The molecule has 2 heterocycles. The number of nitrogens with one attached hydrogen (secondary N) is 1. The molecule has 3 rings (SSSR count). The molecule has 1 fully saturated rings. The van der Waals surface area contributed by atoms with E-state index in [9.17, 15) is 13.2 Å². The van der Waals surface area contributed by atoms with E-state index in [4.69, 9.17) is 4.74 Å². The van der Waals surface area contributed by atoms with E-state index in [1.54, 1.807) is 24.3 Å². The summed E-state index contributed by atoms with van der Waals surface area (Å²) in [5, 5.41) is 2.70. The van der Waals surface area contributed by atoms with Gasteiger partial charge in [-0.25, -0.2) is 8.42 Å². The summed E-state index contributed by atoms with van der Waals surface area (Å²) in [7, 11) is -2.16. The van der Waals surface area contributed by atoms with Gasteiger partial charge in [0.25, 0.3) is 5.91 Å². The summed E-state index contributed by atoms with van der Waals surface area (Å²) in [4.78, 5) is 16.5. The molecule has 8 heteroatoms. The molecule has 0 aliphatic carbocycles. The van der Waals surface area contributed by atoms with Crippen LogP contribution < -0.4 is 10.1 Å². The van der Waals surface area contributed by atoms with E-state index in [-0.39, 0.29) is 10.6 Å². The van der Waals surface area contributed by atoms with Gasteiger partial charge in [-0.3, -0.25) is 9.78 Å². The minimum Gasteiger partial charge on any atom is -0.495 e. The van der Waals surface area contributed by atoms with Crippen molar-refractivity contribution in [2.75, 3.05) is 25.5 Å². The number of ether oxygens (including phenoxy) is 1. The maximum atomic E-state index is 13.0. The molecule has 2 aromatic rings. The Bertz CT molecular complexity index is 892. The second-order valence-corrected chi connectivity index (χ2v) is 8.29. The third kappa shape index (κ3) is 4.45. The van der Waals surface area contributed by atoms with Gasteiger partial charge in [-0.05, 0) is 43.2 Å². The van der Waals surface area contributed by atoms with Crippen LogP contribution in [0.2, 0.25) is 0 Å². The molecule has 144 valence electrons. The lowest BCUT2D eigenvalue weighted by Gasteiger charge is -2.21. The monoisotopic (exact) mass is 389 g/mol. The zero-order valence-electron chi connectivity index (χ0n) is 15.2. The predicted octanol–water partition coefficient (Wildman–Crippen LogP) is 2.91. The molecule has 7 nitrogen and oxygen atoms in total. The third-order valence-corrected chi connectivity index (χ3v) is 6.41. The first-order valence-electron chi connectivity index (χ1n) is 8.93. The van der Waals surface area contributed by atoms with Crippen LogP contribution in [-0.2, 0) is 10.0 Å². The van der Waals surface area contributed by atoms with Gasteiger partial charge in [-0.15, -0.1) is 0 Å². The van der Waals surface area contributed by atoms with Gasteiger partial charge >= 0.3 is 0 Å². The van der Waals surface area contributed by atoms with Crippen LogP contribution in [0.4, 0.5) is 5.69 Å². The Morgan fingerprint density at radius 1 is 1.11 bits per heavy atom. The number of pyridine rings is 1. The van der Waals surface area contributed by atoms with Crippen molar-refractivity contribution >= 4 is 21.6 Å². The third-order valence-electron chi connectivity index (χ3n) is 4.52. The standard InChI is InChI=1S/C19H23N3O4S/c1-26-18-10-9-15(27(24,25)22-12-6-2-3-7-13-22)14-17(18)21-19(23)16-8-4-5-11-20-16/h4-5,8-11,14H,2-3,6-7,12-13H2,1H3,(H,21,23). The average molecular weight is 389 g/mol. The number of hydrogen-bond acceptors (Lipinski definition) is 5. The smallest absolute Gasteiger partial charge is 0.274 e. The summed E-state index contributed by atoms with van der Waals surface area (Å²) in [6.07, 6.45) is 5.32. The Hall–Kier alpha value is -2.45. The van der Waals surface area contributed by atoms with Crippen LogP contribution in [0.25, 0.3) is 0 Å². The second kappa shape index (κ2) is 8.49. The summed E-state index contributed by atoms with van der Waals surface area (Å²) in [6, 6.07) is 9.51. The number of carbonyl (C=O) groups excluding carboxylic acids is 1. The number of hydrogen-bond donors (Lipinski definition) is 1. The normalized spacial score (nSPS) is 15.7. The molecule has 0 spiro atoms. The van der Waals surface area contributed by atoms with E-state index < -0.39 is 15.9 Å². The lowest BCUT2D eigenvalue weighted by atomic mass is 10.2. The average Bonchev–Trinajstić information content (AvgIpc) is 2.98. The maximum Gasteiger partial charge on any atom is 0.274 e. The zero-order chi connectivity index (χ0) is 19.3. The van der Waals surface area contributed by atoms with Crippen LogP contribution in [-0.4, -0.2) is 43.8 Å². The summed E-state index contributed by atoms with van der Waals surface area (Å²) < 4.78 is 32.8. The molecule has 27 heavy (non-hydrogen) atoms. The first-order valence-corrected chi connectivity index (χ1v) is 10.4. The Labute approximate surface area is 159 Å².